The molecule has 0 saturated carbocycles. The van der Waals surface area contributed by atoms with E-state index >= 15 is 0 Å². The Morgan fingerprint density at radius 3 is 0.831 bits per heavy atom. The van der Waals surface area contributed by atoms with E-state index in [0.29, 0.717) is 39.3 Å². The second-order valence-electron chi connectivity index (χ2n) is 19.3. The Hall–Kier alpha value is -6.58. The van der Waals surface area contributed by atoms with Crippen LogP contribution in [-0.4, -0.2) is 86.2 Å². The van der Waals surface area contributed by atoms with Gasteiger partial charge >= 0.3 is 11.9 Å². The van der Waals surface area contributed by atoms with E-state index < -0.39 is 73.0 Å². The molecule has 2 fully saturated rings. The Balaban J connectivity index is 0.921. The number of benzene rings is 6. The normalized spacial score (nSPS) is 23.1. The molecule has 6 aromatic rings. The van der Waals surface area contributed by atoms with Crippen molar-refractivity contribution < 1.29 is 57.0 Å². The van der Waals surface area contributed by atoms with Gasteiger partial charge in [-0.3, -0.25) is 9.59 Å². The predicted molar refractivity (Wildman–Crippen MR) is 293 cm³/mol. The van der Waals surface area contributed by atoms with Gasteiger partial charge in [-0.05, 0) is 52.6 Å². The van der Waals surface area contributed by atoms with Crippen LogP contribution in [0.25, 0.3) is 0 Å². The van der Waals surface area contributed by atoms with E-state index in [1.807, 2.05) is 182 Å². The van der Waals surface area contributed by atoms with Gasteiger partial charge in [0.25, 0.3) is 0 Å². The summed E-state index contributed by atoms with van der Waals surface area (Å²) < 4.78 is 65.8. The van der Waals surface area contributed by atoms with Gasteiger partial charge in [-0.25, -0.2) is 0 Å². The average molecular weight is 1050 g/mol. The molecule has 8 rings (SSSR count). The Labute approximate surface area is 453 Å². The summed E-state index contributed by atoms with van der Waals surface area (Å²) in [6.07, 6.45) is -1.61. The quantitative estimate of drug-likeness (QED) is 0.0315. The fourth-order valence-corrected chi connectivity index (χ4v) is 9.61. The van der Waals surface area contributed by atoms with Crippen LogP contribution in [0.5, 0.6) is 0 Å². The Bertz CT molecular complexity index is 2440. The van der Waals surface area contributed by atoms with Gasteiger partial charge in [0.1, 0.15) is 62.0 Å². The molecule has 0 aromatic heterocycles. The number of carbonyl (C=O) groups is 2. The molecule has 0 aliphatic carbocycles. The highest BCUT2D eigenvalue weighted by Crippen LogP contribution is 2.34. The minimum Gasteiger partial charge on any atom is -0.463 e. The van der Waals surface area contributed by atoms with Crippen molar-refractivity contribution in [1.29, 1.82) is 0 Å². The Kier molecular flexibility index (Phi) is 22.8. The van der Waals surface area contributed by atoms with Crippen LogP contribution in [0.15, 0.2) is 207 Å². The molecule has 6 aromatic carbocycles. The Morgan fingerprint density at radius 1 is 0.351 bits per heavy atom. The second-order valence-corrected chi connectivity index (χ2v) is 19.3. The van der Waals surface area contributed by atoms with Gasteiger partial charge < -0.3 is 47.4 Å². The molecule has 0 bridgehead atoms. The maximum absolute atomic E-state index is 13.6. The molecule has 404 valence electrons. The number of hydrogen-bond acceptors (Lipinski definition) is 12. The predicted octanol–water partition coefficient (Wildman–Crippen LogP) is 11.4. The van der Waals surface area contributed by atoms with E-state index in [4.69, 9.17) is 47.4 Å². The third kappa shape index (κ3) is 17.7. The largest absolute Gasteiger partial charge is 0.463 e. The van der Waals surface area contributed by atoms with Crippen LogP contribution in [0.1, 0.15) is 65.5 Å². The molecular weight excluding hydrogens is 973 g/mol. The molecule has 2 heterocycles. The second kappa shape index (κ2) is 31.0. The highest BCUT2D eigenvalue weighted by molar-refractivity contribution is 5.72. The first-order valence-corrected chi connectivity index (χ1v) is 26.7. The van der Waals surface area contributed by atoms with Gasteiger partial charge in [-0.1, -0.05) is 194 Å². The molecule has 2 saturated heterocycles. The van der Waals surface area contributed by atoms with Crippen LogP contribution in [-0.2, 0) is 96.6 Å². The molecule has 0 N–H and O–H groups in total. The zero-order chi connectivity index (χ0) is 53.3. The van der Waals surface area contributed by atoms with Crippen molar-refractivity contribution in [2.75, 3.05) is 13.2 Å². The molecule has 2 aliphatic rings. The van der Waals surface area contributed by atoms with Crippen molar-refractivity contribution in [1.82, 2.24) is 0 Å². The van der Waals surface area contributed by atoms with Crippen LogP contribution in [0.3, 0.4) is 0 Å². The minimum atomic E-state index is -0.726. The topological polar surface area (TPSA) is 126 Å². The summed E-state index contributed by atoms with van der Waals surface area (Å²) in [5.41, 5.74) is 5.89. The first-order valence-electron chi connectivity index (χ1n) is 26.7. The molecule has 10 atom stereocenters. The third-order valence-corrected chi connectivity index (χ3v) is 13.5. The van der Waals surface area contributed by atoms with E-state index in [-0.39, 0.29) is 45.7 Å². The van der Waals surface area contributed by atoms with Crippen molar-refractivity contribution >= 4 is 11.9 Å². The highest BCUT2D eigenvalue weighted by Gasteiger charge is 2.50. The molecule has 77 heavy (non-hydrogen) atoms. The van der Waals surface area contributed by atoms with Crippen LogP contribution < -0.4 is 0 Å². The van der Waals surface area contributed by atoms with E-state index in [1.165, 1.54) is 0 Å². The first kappa shape index (κ1) is 56.6. The first-order chi connectivity index (χ1) is 37.9. The zero-order valence-corrected chi connectivity index (χ0v) is 43.8. The molecular formula is C65H72O12. The van der Waals surface area contributed by atoms with Crippen molar-refractivity contribution in [3.63, 3.8) is 0 Å². The highest BCUT2D eigenvalue weighted by atomic mass is 16.6. The van der Waals surface area contributed by atoms with Crippen molar-refractivity contribution in [3.05, 3.63) is 241 Å². The maximum Gasteiger partial charge on any atom is 0.305 e. The average Bonchev–Trinajstić information content (AvgIpc) is 3.48. The summed E-state index contributed by atoms with van der Waals surface area (Å²) in [6, 6.07) is 59.4. The Morgan fingerprint density at radius 2 is 0.584 bits per heavy atom. The van der Waals surface area contributed by atoms with Crippen molar-refractivity contribution in [2.24, 2.45) is 0 Å². The van der Waals surface area contributed by atoms with Crippen molar-refractivity contribution in [2.45, 2.75) is 133 Å². The lowest BCUT2D eigenvalue weighted by molar-refractivity contribution is -0.270. The van der Waals surface area contributed by atoms with E-state index in [2.05, 4.69) is 13.2 Å². The summed E-state index contributed by atoms with van der Waals surface area (Å²) in [7, 11) is 0. The fraction of sp³-hybridized carbons (Fsp3) is 0.354. The lowest BCUT2D eigenvalue weighted by Crippen LogP contribution is -2.61. The number of esters is 2. The summed E-state index contributed by atoms with van der Waals surface area (Å²) in [5.74, 6) is -0.991. The summed E-state index contributed by atoms with van der Waals surface area (Å²) in [6.45, 7) is 9.56. The van der Waals surface area contributed by atoms with E-state index in [1.54, 1.807) is 12.2 Å². The maximum atomic E-state index is 13.6. The summed E-state index contributed by atoms with van der Waals surface area (Å²) in [5, 5.41) is 0. The van der Waals surface area contributed by atoms with Gasteiger partial charge in [-0.15, -0.1) is 13.2 Å². The molecule has 12 heteroatoms. The molecule has 0 amide bonds. The van der Waals surface area contributed by atoms with Gasteiger partial charge in [0.2, 0.25) is 0 Å². The number of carbonyl (C=O) groups excluding carboxylic acids is 2. The van der Waals surface area contributed by atoms with Gasteiger partial charge in [0.05, 0.1) is 51.8 Å². The third-order valence-electron chi connectivity index (χ3n) is 13.5. The van der Waals surface area contributed by atoms with Gasteiger partial charge in [0, 0.05) is 12.8 Å². The SMILES string of the molecule is C=CC[C@H]1O[C@H](COC(=O)CCCC(=O)OC[C@H]2O[C@H](CC=C)[C@@H](OCc3ccccc3)[C@@H](OCc3ccccc3)[C@@H]2OCc2ccccc2)[C@H](OCc2ccccc2)[C@H](OCc2ccccc2)[C@H]1OCc1ccccc1. The number of hydrogen-bond donors (Lipinski definition) is 0. The monoisotopic (exact) mass is 1040 g/mol. The standard InChI is InChI=1S/C65H72O12/c1-3-24-54-60(70-40-48-26-11-5-12-27-48)64(74-44-52-34-19-9-20-35-52)62(72-42-50-30-15-7-16-31-50)56(76-54)46-68-58(66)38-23-39-59(67)69-47-57-63(73-43-51-32-17-8-18-33-51)65(75-45-53-36-21-10-22-37-53)61(55(77-57)25-4-2)71-41-49-28-13-6-14-29-49/h3-22,26-37,54-57,60-65H,1-2,23-25,38-47H2/t54-,55-,56-,57-,60-,61+,62-,63+,64-,65-/m1/s1. The molecule has 0 radical (unpaired) electrons. The smallest absolute Gasteiger partial charge is 0.305 e. The van der Waals surface area contributed by atoms with Crippen LogP contribution >= 0.6 is 0 Å². The lowest BCUT2D eigenvalue weighted by atomic mass is 9.92. The van der Waals surface area contributed by atoms with Gasteiger partial charge in [0.15, 0.2) is 0 Å². The van der Waals surface area contributed by atoms with E-state index in [9.17, 15) is 9.59 Å². The minimum absolute atomic E-state index is 0.0375. The van der Waals surface area contributed by atoms with Gasteiger partial charge in [-0.2, -0.15) is 0 Å². The van der Waals surface area contributed by atoms with E-state index in [0.717, 1.165) is 33.4 Å². The number of rotatable bonds is 30. The van der Waals surface area contributed by atoms with Crippen LogP contribution in [0.2, 0.25) is 0 Å². The molecule has 12 nitrogen and oxygen atoms in total. The summed E-state index contributed by atoms with van der Waals surface area (Å²) in [4.78, 5) is 27.1. The van der Waals surface area contributed by atoms with Crippen molar-refractivity contribution in [3.8, 4) is 0 Å². The fourth-order valence-electron chi connectivity index (χ4n) is 9.61. The van der Waals surface area contributed by atoms with Crippen LogP contribution in [0, 0.1) is 0 Å². The molecule has 2 aliphatic heterocycles. The number of ether oxygens (including phenoxy) is 10. The molecule has 0 spiro atoms. The molecule has 0 unspecified atom stereocenters. The summed E-state index contributed by atoms with van der Waals surface area (Å²) >= 11 is 0. The van der Waals surface area contributed by atoms with Crippen LogP contribution in [0.4, 0.5) is 0 Å². The zero-order valence-electron chi connectivity index (χ0n) is 43.8. The lowest BCUT2D eigenvalue weighted by Gasteiger charge is -2.46.